The van der Waals surface area contributed by atoms with Gasteiger partial charge < -0.3 is 9.67 Å². The molecule has 1 N–H and O–H groups in total. The monoisotopic (exact) mass is 391 g/mol. The Morgan fingerprint density at radius 2 is 1.69 bits per heavy atom. The lowest BCUT2D eigenvalue weighted by molar-refractivity contribution is 0.343. The highest BCUT2D eigenvalue weighted by Crippen LogP contribution is 2.24. The number of aliphatic hydroxyl groups is 1. The van der Waals surface area contributed by atoms with Crippen LogP contribution in [0.1, 0.15) is 41.5 Å². The highest BCUT2D eigenvalue weighted by Gasteiger charge is 2.05. The number of hydrogen-bond acceptors (Lipinski definition) is 3. The van der Waals surface area contributed by atoms with Crippen LogP contribution in [0.25, 0.3) is 10.2 Å². The van der Waals surface area contributed by atoms with Gasteiger partial charge in [0.15, 0.2) is 3.95 Å². The van der Waals surface area contributed by atoms with E-state index in [0.29, 0.717) is 5.41 Å². The van der Waals surface area contributed by atoms with Crippen LogP contribution in [-0.4, -0.2) is 16.3 Å². The minimum absolute atomic E-state index is 0.0833. The largest absolute Gasteiger partial charge is 0.392 e. The first-order chi connectivity index (χ1) is 12.0. The maximum absolute atomic E-state index is 7.76. The first-order valence-electron chi connectivity index (χ1n) is 8.64. The van der Waals surface area contributed by atoms with E-state index in [-0.39, 0.29) is 6.61 Å². The number of rotatable bonds is 4. The molecule has 0 aliphatic heterocycles. The van der Waals surface area contributed by atoms with E-state index < -0.39 is 0 Å². The molecule has 1 aromatic heterocycles. The average Bonchev–Trinajstić information content (AvgIpc) is 2.88. The first kappa shape index (κ1) is 24.5. The number of hydrogen-bond donors (Lipinski definition) is 1. The number of fused-ring (bicyclic) bond motifs is 1. The average molecular weight is 392 g/mol. The van der Waals surface area contributed by atoms with E-state index in [1.165, 1.54) is 27.4 Å². The van der Waals surface area contributed by atoms with Crippen LogP contribution in [0.2, 0.25) is 0 Å². The molecule has 0 atom stereocenters. The molecule has 1 aromatic carbocycles. The Morgan fingerprint density at radius 3 is 2.15 bits per heavy atom. The minimum Gasteiger partial charge on any atom is -0.392 e. The summed E-state index contributed by atoms with van der Waals surface area (Å²) in [7, 11) is 0. The van der Waals surface area contributed by atoms with Gasteiger partial charge in [0, 0.05) is 6.54 Å². The summed E-state index contributed by atoms with van der Waals surface area (Å²) in [6.07, 6.45) is 3.33. The van der Waals surface area contributed by atoms with Crippen molar-refractivity contribution < 1.29 is 5.11 Å². The van der Waals surface area contributed by atoms with Gasteiger partial charge in [-0.1, -0.05) is 69.7 Å². The first-order valence-corrected chi connectivity index (χ1v) is 9.86. The summed E-state index contributed by atoms with van der Waals surface area (Å²) in [5, 5.41) is 7.76. The Morgan fingerprint density at radius 1 is 1.19 bits per heavy atom. The van der Waals surface area contributed by atoms with Crippen LogP contribution in [0.5, 0.6) is 0 Å². The van der Waals surface area contributed by atoms with Crippen LogP contribution >= 0.6 is 23.6 Å². The molecule has 4 heteroatoms. The number of benzene rings is 1. The molecule has 2 aromatic rings. The summed E-state index contributed by atoms with van der Waals surface area (Å²) >= 11 is 7.10. The standard InChI is InChI=1S/C14H15NS2.C5H12.C3H6O/c1-4-10(2)11(3)9-15-12-7-5-6-8-13(12)17-14(15)16;1-5(2,3)4;1-2-3-4/h4-8H,1,9H2,2-3H3;1-4H3;2,4H,1,3H2/b11-10+;;. The SMILES string of the molecule is C=C/C(C)=C(\C)Cn1c(=S)sc2ccccc21.C=CCO.CC(C)(C)C. The summed E-state index contributed by atoms with van der Waals surface area (Å²) < 4.78 is 4.38. The molecule has 0 saturated carbocycles. The van der Waals surface area contributed by atoms with Crippen molar-refractivity contribution in [3.05, 3.63) is 64.7 Å². The van der Waals surface area contributed by atoms with E-state index in [1.54, 1.807) is 11.3 Å². The van der Waals surface area contributed by atoms with Gasteiger partial charge in [-0.25, -0.2) is 0 Å². The van der Waals surface area contributed by atoms with E-state index in [2.05, 4.69) is 83.5 Å². The van der Waals surface area contributed by atoms with Crippen molar-refractivity contribution in [3.63, 3.8) is 0 Å². The number of para-hydroxylation sites is 1. The zero-order valence-electron chi connectivity index (χ0n) is 17.0. The van der Waals surface area contributed by atoms with Gasteiger partial charge in [-0.3, -0.25) is 0 Å². The maximum atomic E-state index is 7.76. The molecule has 0 spiro atoms. The van der Waals surface area contributed by atoms with Gasteiger partial charge in [0.25, 0.3) is 0 Å². The molecule has 0 radical (unpaired) electrons. The quantitative estimate of drug-likeness (QED) is 0.339. The highest BCUT2D eigenvalue weighted by atomic mass is 32.1. The third-order valence-corrected chi connectivity index (χ3v) is 4.51. The van der Waals surface area contributed by atoms with Crippen LogP contribution in [0, 0.1) is 9.37 Å². The van der Waals surface area contributed by atoms with Crippen LogP contribution < -0.4 is 0 Å². The molecule has 0 saturated heterocycles. The Bertz CT molecular complexity index is 782. The van der Waals surface area contributed by atoms with Gasteiger partial charge in [0.2, 0.25) is 0 Å². The predicted octanol–water partition coefficient (Wildman–Crippen LogP) is 7.17. The molecule has 26 heavy (non-hydrogen) atoms. The molecule has 0 bridgehead atoms. The third kappa shape index (κ3) is 9.85. The minimum atomic E-state index is 0.0833. The Kier molecular flexibility index (Phi) is 11.3. The number of thiazole rings is 1. The van der Waals surface area contributed by atoms with Crippen LogP contribution in [0.4, 0.5) is 0 Å². The second-order valence-electron chi connectivity index (χ2n) is 7.56. The van der Waals surface area contributed by atoms with Crippen molar-refractivity contribution in [3.8, 4) is 0 Å². The van der Waals surface area contributed by atoms with Gasteiger partial charge >= 0.3 is 0 Å². The summed E-state index contributed by atoms with van der Waals surface area (Å²) in [4.78, 5) is 0. The van der Waals surface area contributed by atoms with Gasteiger partial charge in [-0.2, -0.15) is 0 Å². The summed E-state index contributed by atoms with van der Waals surface area (Å²) in [6, 6.07) is 8.35. The topological polar surface area (TPSA) is 25.2 Å². The lowest BCUT2D eigenvalue weighted by Crippen LogP contribution is -1.99. The Labute approximate surface area is 168 Å². The highest BCUT2D eigenvalue weighted by molar-refractivity contribution is 7.73. The van der Waals surface area contributed by atoms with Crippen molar-refractivity contribution in [1.29, 1.82) is 0 Å². The molecule has 2 rings (SSSR count). The predicted molar refractivity (Wildman–Crippen MR) is 122 cm³/mol. The number of allylic oxidation sites excluding steroid dienone is 3. The fraction of sp³-hybridized carbons (Fsp3) is 0.409. The van der Waals surface area contributed by atoms with E-state index in [9.17, 15) is 0 Å². The maximum Gasteiger partial charge on any atom is 0.162 e. The number of aromatic nitrogens is 1. The van der Waals surface area contributed by atoms with E-state index in [0.717, 1.165) is 10.5 Å². The molecule has 0 unspecified atom stereocenters. The van der Waals surface area contributed by atoms with Gasteiger partial charge in [0.05, 0.1) is 16.8 Å². The zero-order chi connectivity index (χ0) is 20.3. The van der Waals surface area contributed by atoms with Gasteiger partial charge in [0.1, 0.15) is 0 Å². The van der Waals surface area contributed by atoms with Gasteiger partial charge in [-0.15, -0.1) is 17.9 Å². The Balaban J connectivity index is 0.000000582. The smallest absolute Gasteiger partial charge is 0.162 e. The number of nitrogens with zero attached hydrogens (tertiary/aromatic N) is 1. The zero-order valence-corrected chi connectivity index (χ0v) is 18.6. The molecule has 144 valence electrons. The fourth-order valence-electron chi connectivity index (χ4n) is 1.70. The molecule has 0 amide bonds. The summed E-state index contributed by atoms with van der Waals surface area (Å²) in [5.41, 5.74) is 4.25. The van der Waals surface area contributed by atoms with Crippen molar-refractivity contribution in [2.75, 3.05) is 6.61 Å². The van der Waals surface area contributed by atoms with Crippen LogP contribution in [0.15, 0.2) is 60.7 Å². The number of aliphatic hydroxyl groups excluding tert-OH is 1. The molecule has 0 aliphatic rings. The van der Waals surface area contributed by atoms with Crippen LogP contribution in [0.3, 0.4) is 0 Å². The van der Waals surface area contributed by atoms with Crippen LogP contribution in [-0.2, 0) is 6.54 Å². The molecular weight excluding hydrogens is 358 g/mol. The lowest BCUT2D eigenvalue weighted by Gasteiger charge is -2.07. The Hall–Kier alpha value is -1.49. The van der Waals surface area contributed by atoms with E-state index in [4.69, 9.17) is 17.3 Å². The molecule has 1 heterocycles. The van der Waals surface area contributed by atoms with E-state index in [1.807, 2.05) is 6.08 Å². The third-order valence-electron chi connectivity index (χ3n) is 3.08. The van der Waals surface area contributed by atoms with E-state index >= 15 is 0 Å². The summed E-state index contributed by atoms with van der Waals surface area (Å²) in [6.45, 7) is 20.9. The lowest BCUT2D eigenvalue weighted by atomic mass is 10.0. The normalized spacial score (nSPS) is 11.5. The van der Waals surface area contributed by atoms with Crippen molar-refractivity contribution >= 4 is 33.8 Å². The second-order valence-corrected chi connectivity index (χ2v) is 9.24. The van der Waals surface area contributed by atoms with Gasteiger partial charge in [-0.05, 0) is 43.6 Å². The van der Waals surface area contributed by atoms with Crippen molar-refractivity contribution in [2.45, 2.75) is 48.1 Å². The van der Waals surface area contributed by atoms with Crippen molar-refractivity contribution in [2.24, 2.45) is 5.41 Å². The molecule has 2 nitrogen and oxygen atoms in total. The molecule has 0 aliphatic carbocycles. The van der Waals surface area contributed by atoms with Crippen molar-refractivity contribution in [1.82, 2.24) is 4.57 Å². The fourth-order valence-corrected chi connectivity index (χ4v) is 3.02. The molecule has 0 fully saturated rings. The second kappa shape index (κ2) is 12.0. The molecular formula is C22H33NOS2. The summed E-state index contributed by atoms with van der Waals surface area (Å²) in [5.74, 6) is 0.